The molecular weight excluding hydrogens is 296 g/mol. The van der Waals surface area contributed by atoms with Crippen LogP contribution in [-0.2, 0) is 4.74 Å². The Morgan fingerprint density at radius 3 is 2.22 bits per heavy atom. The largest absolute Gasteiger partial charge is 0.478 e. The summed E-state index contributed by atoms with van der Waals surface area (Å²) >= 11 is 0. The Bertz CT molecular complexity index is 555. The smallest absolute Gasteiger partial charge is 0.407 e. The van der Waals surface area contributed by atoms with Gasteiger partial charge in [0.05, 0.1) is 5.56 Å². The van der Waals surface area contributed by atoms with Crippen molar-refractivity contribution < 1.29 is 19.4 Å². The Morgan fingerprint density at radius 1 is 1.17 bits per heavy atom. The number of ether oxygens (including phenoxy) is 1. The van der Waals surface area contributed by atoms with Crippen molar-refractivity contribution in [2.75, 3.05) is 18.0 Å². The second kappa shape index (κ2) is 6.89. The first-order valence-electron chi connectivity index (χ1n) is 7.82. The number of piperidine rings is 1. The molecule has 1 saturated heterocycles. The van der Waals surface area contributed by atoms with Gasteiger partial charge in [0.15, 0.2) is 0 Å². The third-order valence-electron chi connectivity index (χ3n) is 3.70. The average molecular weight is 320 g/mol. The van der Waals surface area contributed by atoms with E-state index >= 15 is 0 Å². The van der Waals surface area contributed by atoms with Crippen LogP contribution in [0.3, 0.4) is 0 Å². The third-order valence-corrected chi connectivity index (χ3v) is 3.70. The SMILES string of the molecule is CC(C)(C)OC(=O)NC1CCN(c2ccc(C(=O)O)cc2)CC1. The van der Waals surface area contributed by atoms with E-state index in [1.54, 1.807) is 12.1 Å². The van der Waals surface area contributed by atoms with Gasteiger partial charge in [0.1, 0.15) is 5.60 Å². The maximum Gasteiger partial charge on any atom is 0.407 e. The van der Waals surface area contributed by atoms with Crippen molar-refractivity contribution in [2.24, 2.45) is 0 Å². The van der Waals surface area contributed by atoms with Gasteiger partial charge in [-0.05, 0) is 57.9 Å². The van der Waals surface area contributed by atoms with Crippen molar-refractivity contribution in [1.29, 1.82) is 0 Å². The molecule has 1 aromatic rings. The molecule has 0 bridgehead atoms. The first-order valence-corrected chi connectivity index (χ1v) is 7.82. The Labute approximate surface area is 136 Å². The number of carbonyl (C=O) groups is 2. The van der Waals surface area contributed by atoms with Gasteiger partial charge < -0.3 is 20.1 Å². The summed E-state index contributed by atoms with van der Waals surface area (Å²) in [4.78, 5) is 24.8. The van der Waals surface area contributed by atoms with Crippen molar-refractivity contribution in [3.8, 4) is 0 Å². The summed E-state index contributed by atoms with van der Waals surface area (Å²) < 4.78 is 5.27. The van der Waals surface area contributed by atoms with E-state index < -0.39 is 11.6 Å². The fraction of sp³-hybridized carbons (Fsp3) is 0.529. The molecule has 126 valence electrons. The number of aromatic carboxylic acids is 1. The standard InChI is InChI=1S/C17H24N2O4/c1-17(2,3)23-16(22)18-13-8-10-19(11-9-13)14-6-4-12(5-7-14)15(20)21/h4-7,13H,8-11H2,1-3H3,(H,18,22)(H,20,21). The van der Waals surface area contributed by atoms with Crippen molar-refractivity contribution in [1.82, 2.24) is 5.32 Å². The fourth-order valence-corrected chi connectivity index (χ4v) is 2.57. The first-order chi connectivity index (χ1) is 10.7. The highest BCUT2D eigenvalue weighted by molar-refractivity contribution is 5.88. The van der Waals surface area contributed by atoms with Crippen molar-refractivity contribution in [3.63, 3.8) is 0 Å². The van der Waals surface area contributed by atoms with Gasteiger partial charge in [-0.25, -0.2) is 9.59 Å². The molecule has 6 heteroatoms. The van der Waals surface area contributed by atoms with E-state index in [0.717, 1.165) is 31.6 Å². The van der Waals surface area contributed by atoms with Crippen LogP contribution in [0.2, 0.25) is 0 Å². The summed E-state index contributed by atoms with van der Waals surface area (Å²) in [5.74, 6) is -0.920. The van der Waals surface area contributed by atoms with Crippen LogP contribution in [0.15, 0.2) is 24.3 Å². The zero-order chi connectivity index (χ0) is 17.0. The zero-order valence-electron chi connectivity index (χ0n) is 13.8. The number of nitrogens with zero attached hydrogens (tertiary/aromatic N) is 1. The highest BCUT2D eigenvalue weighted by Crippen LogP contribution is 2.21. The highest BCUT2D eigenvalue weighted by atomic mass is 16.6. The lowest BCUT2D eigenvalue weighted by atomic mass is 10.0. The van der Waals surface area contributed by atoms with Gasteiger partial charge in [0.2, 0.25) is 0 Å². The number of carbonyl (C=O) groups excluding carboxylic acids is 1. The van der Waals surface area contributed by atoms with Crippen LogP contribution in [0.4, 0.5) is 10.5 Å². The number of hydrogen-bond donors (Lipinski definition) is 2. The predicted molar refractivity (Wildman–Crippen MR) is 88.0 cm³/mol. The van der Waals surface area contributed by atoms with E-state index in [1.165, 1.54) is 0 Å². The predicted octanol–water partition coefficient (Wildman–Crippen LogP) is 2.88. The van der Waals surface area contributed by atoms with Crippen LogP contribution < -0.4 is 10.2 Å². The minimum Gasteiger partial charge on any atom is -0.478 e. The summed E-state index contributed by atoms with van der Waals surface area (Å²) in [6.07, 6.45) is 1.29. The molecule has 1 aliphatic rings. The molecular formula is C17H24N2O4. The third kappa shape index (κ3) is 5.16. The van der Waals surface area contributed by atoms with Gasteiger partial charge in [0, 0.05) is 24.8 Å². The Morgan fingerprint density at radius 2 is 1.74 bits per heavy atom. The van der Waals surface area contributed by atoms with Gasteiger partial charge in [-0.15, -0.1) is 0 Å². The van der Waals surface area contributed by atoms with Crippen LogP contribution >= 0.6 is 0 Å². The topological polar surface area (TPSA) is 78.9 Å². The van der Waals surface area contributed by atoms with E-state index in [9.17, 15) is 9.59 Å². The maximum atomic E-state index is 11.8. The lowest BCUT2D eigenvalue weighted by molar-refractivity contribution is 0.0496. The average Bonchev–Trinajstić information content (AvgIpc) is 2.46. The Hall–Kier alpha value is -2.24. The van der Waals surface area contributed by atoms with E-state index in [0.29, 0.717) is 0 Å². The monoisotopic (exact) mass is 320 g/mol. The molecule has 0 aliphatic carbocycles. The number of amides is 1. The van der Waals surface area contributed by atoms with Crippen molar-refractivity contribution in [2.45, 2.75) is 45.3 Å². The second-order valence-corrected chi connectivity index (χ2v) is 6.76. The van der Waals surface area contributed by atoms with E-state index in [2.05, 4.69) is 10.2 Å². The van der Waals surface area contributed by atoms with E-state index in [1.807, 2.05) is 32.9 Å². The molecule has 2 N–H and O–H groups in total. The first kappa shape index (κ1) is 17.1. The minimum atomic E-state index is -0.920. The van der Waals surface area contributed by atoms with E-state index in [-0.39, 0.29) is 17.7 Å². The molecule has 0 radical (unpaired) electrons. The number of anilines is 1. The summed E-state index contributed by atoms with van der Waals surface area (Å²) in [7, 11) is 0. The van der Waals surface area contributed by atoms with Crippen LogP contribution in [0, 0.1) is 0 Å². The maximum absolute atomic E-state index is 11.8. The fourth-order valence-electron chi connectivity index (χ4n) is 2.57. The molecule has 6 nitrogen and oxygen atoms in total. The second-order valence-electron chi connectivity index (χ2n) is 6.76. The summed E-state index contributed by atoms with van der Waals surface area (Å²) in [5, 5.41) is 11.8. The van der Waals surface area contributed by atoms with Crippen LogP contribution in [-0.4, -0.2) is 41.9 Å². The van der Waals surface area contributed by atoms with Crippen LogP contribution in [0.1, 0.15) is 44.0 Å². The number of carboxylic acid groups (broad SMARTS) is 1. The van der Waals surface area contributed by atoms with Crippen LogP contribution in [0.5, 0.6) is 0 Å². The van der Waals surface area contributed by atoms with Gasteiger partial charge in [-0.1, -0.05) is 0 Å². The lowest BCUT2D eigenvalue weighted by Crippen LogP contribution is -2.46. The lowest BCUT2D eigenvalue weighted by Gasteiger charge is -2.34. The van der Waals surface area contributed by atoms with Crippen molar-refractivity contribution >= 4 is 17.7 Å². The molecule has 1 heterocycles. The van der Waals surface area contributed by atoms with Gasteiger partial charge in [0.25, 0.3) is 0 Å². The number of alkyl carbamates (subject to hydrolysis) is 1. The normalized spacial score (nSPS) is 16.0. The molecule has 0 atom stereocenters. The minimum absolute atomic E-state index is 0.111. The molecule has 2 rings (SSSR count). The Balaban J connectivity index is 1.84. The number of nitrogens with one attached hydrogen (secondary N) is 1. The van der Waals surface area contributed by atoms with Crippen LogP contribution in [0.25, 0.3) is 0 Å². The quantitative estimate of drug-likeness (QED) is 0.895. The molecule has 1 fully saturated rings. The van der Waals surface area contributed by atoms with Gasteiger partial charge in [-0.2, -0.15) is 0 Å². The number of hydrogen-bond acceptors (Lipinski definition) is 4. The molecule has 0 saturated carbocycles. The number of rotatable bonds is 3. The molecule has 23 heavy (non-hydrogen) atoms. The summed E-state index contributed by atoms with van der Waals surface area (Å²) in [6.45, 7) is 7.15. The molecule has 1 aromatic carbocycles. The molecule has 1 amide bonds. The molecule has 0 aromatic heterocycles. The molecule has 0 spiro atoms. The number of carboxylic acids is 1. The van der Waals surface area contributed by atoms with Gasteiger partial charge in [-0.3, -0.25) is 0 Å². The summed E-state index contributed by atoms with van der Waals surface area (Å²) in [6, 6.07) is 6.99. The summed E-state index contributed by atoms with van der Waals surface area (Å²) in [5.41, 5.74) is 0.803. The van der Waals surface area contributed by atoms with Crippen molar-refractivity contribution in [3.05, 3.63) is 29.8 Å². The molecule has 1 aliphatic heterocycles. The van der Waals surface area contributed by atoms with E-state index in [4.69, 9.17) is 9.84 Å². The highest BCUT2D eigenvalue weighted by Gasteiger charge is 2.23. The molecule has 0 unspecified atom stereocenters. The van der Waals surface area contributed by atoms with Gasteiger partial charge >= 0.3 is 12.1 Å². The number of benzene rings is 1. The Kier molecular flexibility index (Phi) is 5.13. The zero-order valence-corrected chi connectivity index (χ0v) is 13.8.